The minimum absolute atomic E-state index is 0.163. The number of carbonyl (C=O) groups excluding carboxylic acids is 1. The van der Waals surface area contributed by atoms with E-state index in [9.17, 15) is 9.18 Å². The number of ether oxygens (including phenoxy) is 1. The summed E-state index contributed by atoms with van der Waals surface area (Å²) >= 11 is 0. The average Bonchev–Trinajstić information content (AvgIpc) is 2.53. The number of hydrogen-bond acceptors (Lipinski definition) is 2. The lowest BCUT2D eigenvalue weighted by atomic mass is 9.87. The number of carbonyl (C=O) groups is 1. The molecule has 1 atom stereocenters. The molecule has 0 aromatic heterocycles. The lowest BCUT2D eigenvalue weighted by Crippen LogP contribution is -2.05. The Kier molecular flexibility index (Phi) is 5.50. The van der Waals surface area contributed by atoms with Crippen molar-refractivity contribution in [1.82, 2.24) is 0 Å². The smallest absolute Gasteiger partial charge is 0.305 e. The highest BCUT2D eigenvalue weighted by atomic mass is 19.1. The third-order valence-corrected chi connectivity index (χ3v) is 3.58. The largest absolute Gasteiger partial charge is 0.469 e. The molecule has 0 heterocycles. The van der Waals surface area contributed by atoms with Gasteiger partial charge in [-0.1, -0.05) is 42.5 Å². The summed E-state index contributed by atoms with van der Waals surface area (Å²) in [6, 6.07) is 16.7. The van der Waals surface area contributed by atoms with Crippen LogP contribution in [0.4, 0.5) is 4.39 Å². The number of halogens is 1. The van der Waals surface area contributed by atoms with Gasteiger partial charge in [-0.15, -0.1) is 0 Å². The minimum Gasteiger partial charge on any atom is -0.469 e. The fourth-order valence-electron chi connectivity index (χ4n) is 2.46. The first-order chi connectivity index (χ1) is 10.2. The Labute approximate surface area is 124 Å². The zero-order chi connectivity index (χ0) is 15.1. The second kappa shape index (κ2) is 7.58. The van der Waals surface area contributed by atoms with E-state index in [4.69, 9.17) is 0 Å². The minimum atomic E-state index is -0.236. The Hall–Kier alpha value is -2.16. The third kappa shape index (κ3) is 4.42. The molecule has 110 valence electrons. The van der Waals surface area contributed by atoms with Crippen LogP contribution in [0.1, 0.15) is 36.3 Å². The highest BCUT2D eigenvalue weighted by Crippen LogP contribution is 2.29. The molecule has 0 amide bonds. The van der Waals surface area contributed by atoms with Gasteiger partial charge in [0.2, 0.25) is 0 Å². The van der Waals surface area contributed by atoms with Crippen LogP contribution in [0, 0.1) is 5.82 Å². The Bertz CT molecular complexity index is 564. The van der Waals surface area contributed by atoms with Gasteiger partial charge in [0.05, 0.1) is 7.11 Å². The van der Waals surface area contributed by atoms with Crippen LogP contribution in [-0.2, 0) is 9.53 Å². The fourth-order valence-corrected chi connectivity index (χ4v) is 2.46. The van der Waals surface area contributed by atoms with E-state index in [1.165, 1.54) is 24.8 Å². The van der Waals surface area contributed by atoms with Crippen molar-refractivity contribution in [2.45, 2.75) is 25.2 Å². The van der Waals surface area contributed by atoms with E-state index < -0.39 is 0 Å². The van der Waals surface area contributed by atoms with Gasteiger partial charge in [0.15, 0.2) is 0 Å². The molecule has 0 radical (unpaired) electrons. The summed E-state index contributed by atoms with van der Waals surface area (Å²) in [4.78, 5) is 11.2. The van der Waals surface area contributed by atoms with Crippen molar-refractivity contribution < 1.29 is 13.9 Å². The van der Waals surface area contributed by atoms with Crippen LogP contribution in [0.2, 0.25) is 0 Å². The SMILES string of the molecule is COC(=O)CCCC(c1ccccc1)c1ccc(F)cc1. The summed E-state index contributed by atoms with van der Waals surface area (Å²) in [6.07, 6.45) is 1.97. The van der Waals surface area contributed by atoms with Crippen molar-refractivity contribution in [1.29, 1.82) is 0 Å². The Morgan fingerprint density at radius 1 is 1.05 bits per heavy atom. The number of methoxy groups -OCH3 is 1. The maximum Gasteiger partial charge on any atom is 0.305 e. The van der Waals surface area contributed by atoms with E-state index in [1.807, 2.05) is 30.3 Å². The molecule has 1 unspecified atom stereocenters. The third-order valence-electron chi connectivity index (χ3n) is 3.58. The Balaban J connectivity index is 2.15. The number of benzene rings is 2. The molecule has 3 heteroatoms. The summed E-state index contributed by atoms with van der Waals surface area (Å²) in [5.41, 5.74) is 2.24. The van der Waals surface area contributed by atoms with Gasteiger partial charge in [0.1, 0.15) is 5.82 Å². The van der Waals surface area contributed by atoms with Crippen LogP contribution < -0.4 is 0 Å². The van der Waals surface area contributed by atoms with E-state index in [0.717, 1.165) is 18.4 Å². The topological polar surface area (TPSA) is 26.3 Å². The van der Waals surface area contributed by atoms with Gasteiger partial charge in [-0.25, -0.2) is 4.39 Å². The average molecular weight is 286 g/mol. The molecule has 0 spiro atoms. The molecule has 21 heavy (non-hydrogen) atoms. The van der Waals surface area contributed by atoms with Crippen LogP contribution in [0.3, 0.4) is 0 Å². The van der Waals surface area contributed by atoms with Gasteiger partial charge < -0.3 is 4.74 Å². The molecule has 2 aromatic carbocycles. The highest BCUT2D eigenvalue weighted by molar-refractivity contribution is 5.69. The van der Waals surface area contributed by atoms with Gasteiger partial charge in [-0.3, -0.25) is 4.79 Å². The van der Waals surface area contributed by atoms with Gasteiger partial charge >= 0.3 is 5.97 Å². The molecular weight excluding hydrogens is 267 g/mol. The van der Waals surface area contributed by atoms with E-state index in [1.54, 1.807) is 0 Å². The first kappa shape index (κ1) is 15.2. The fraction of sp³-hybridized carbons (Fsp3) is 0.278. The molecule has 0 bridgehead atoms. The van der Waals surface area contributed by atoms with Crippen molar-refractivity contribution in [3.05, 3.63) is 71.5 Å². The number of hydrogen-bond donors (Lipinski definition) is 0. The van der Waals surface area contributed by atoms with E-state index in [-0.39, 0.29) is 17.7 Å². The van der Waals surface area contributed by atoms with Crippen molar-refractivity contribution in [2.75, 3.05) is 7.11 Å². The molecule has 0 aliphatic heterocycles. The van der Waals surface area contributed by atoms with Crippen LogP contribution in [0.15, 0.2) is 54.6 Å². The molecule has 2 rings (SSSR count). The summed E-state index contributed by atoms with van der Waals surface area (Å²) < 4.78 is 17.8. The van der Waals surface area contributed by atoms with Crippen LogP contribution in [0.5, 0.6) is 0 Å². The predicted octanol–water partition coefficient (Wildman–Crippen LogP) is 4.30. The van der Waals surface area contributed by atoms with E-state index in [0.29, 0.717) is 6.42 Å². The van der Waals surface area contributed by atoms with Gasteiger partial charge in [-0.05, 0) is 36.1 Å². The molecule has 0 fully saturated rings. The number of esters is 1. The van der Waals surface area contributed by atoms with Gasteiger partial charge in [0, 0.05) is 12.3 Å². The number of rotatable bonds is 6. The molecule has 0 N–H and O–H groups in total. The van der Waals surface area contributed by atoms with E-state index >= 15 is 0 Å². The Morgan fingerprint density at radius 2 is 1.67 bits per heavy atom. The van der Waals surface area contributed by atoms with Crippen molar-refractivity contribution in [3.8, 4) is 0 Å². The van der Waals surface area contributed by atoms with Crippen LogP contribution in [-0.4, -0.2) is 13.1 Å². The molecule has 0 saturated heterocycles. The highest BCUT2D eigenvalue weighted by Gasteiger charge is 2.14. The lowest BCUT2D eigenvalue weighted by Gasteiger charge is -2.18. The van der Waals surface area contributed by atoms with Crippen molar-refractivity contribution in [2.24, 2.45) is 0 Å². The summed E-state index contributed by atoms with van der Waals surface area (Å²) in [5, 5.41) is 0. The van der Waals surface area contributed by atoms with Crippen LogP contribution in [0.25, 0.3) is 0 Å². The second-order valence-electron chi connectivity index (χ2n) is 4.98. The monoisotopic (exact) mass is 286 g/mol. The lowest BCUT2D eigenvalue weighted by molar-refractivity contribution is -0.140. The molecule has 0 saturated carbocycles. The molecule has 0 aliphatic carbocycles. The van der Waals surface area contributed by atoms with Crippen molar-refractivity contribution >= 4 is 5.97 Å². The second-order valence-corrected chi connectivity index (χ2v) is 4.98. The predicted molar refractivity (Wildman–Crippen MR) is 80.6 cm³/mol. The zero-order valence-electron chi connectivity index (χ0n) is 12.1. The Morgan fingerprint density at radius 3 is 2.29 bits per heavy atom. The first-order valence-electron chi connectivity index (χ1n) is 7.08. The molecular formula is C18H19FO2. The maximum absolute atomic E-state index is 13.1. The molecule has 0 aliphatic rings. The normalized spacial score (nSPS) is 11.9. The van der Waals surface area contributed by atoms with Crippen molar-refractivity contribution in [3.63, 3.8) is 0 Å². The first-order valence-corrected chi connectivity index (χ1v) is 7.08. The van der Waals surface area contributed by atoms with Gasteiger partial charge in [0.25, 0.3) is 0 Å². The quantitative estimate of drug-likeness (QED) is 0.740. The molecule has 2 aromatic rings. The standard InChI is InChI=1S/C18H19FO2/c1-21-18(20)9-5-8-17(14-6-3-2-4-7-14)15-10-12-16(19)13-11-15/h2-4,6-7,10-13,17H,5,8-9H2,1H3. The zero-order valence-corrected chi connectivity index (χ0v) is 12.1. The maximum atomic E-state index is 13.1. The van der Waals surface area contributed by atoms with Crippen LogP contribution >= 0.6 is 0 Å². The summed E-state index contributed by atoms with van der Waals surface area (Å²) in [5.74, 6) is -0.266. The summed E-state index contributed by atoms with van der Waals surface area (Å²) in [6.45, 7) is 0. The van der Waals surface area contributed by atoms with E-state index in [2.05, 4.69) is 16.9 Å². The summed E-state index contributed by atoms with van der Waals surface area (Å²) in [7, 11) is 1.40. The van der Waals surface area contributed by atoms with Gasteiger partial charge in [-0.2, -0.15) is 0 Å². The molecule has 2 nitrogen and oxygen atoms in total.